The van der Waals surface area contributed by atoms with Crippen LogP contribution in [0, 0.1) is 5.92 Å². The molecule has 1 aliphatic heterocycles. The van der Waals surface area contributed by atoms with Gasteiger partial charge in [-0.05, 0) is 0 Å². The van der Waals surface area contributed by atoms with Crippen LogP contribution < -0.4 is 11.5 Å². The lowest BCUT2D eigenvalue weighted by Gasteiger charge is -2.17. The van der Waals surface area contributed by atoms with Gasteiger partial charge in [0.2, 0.25) is 0 Å². The highest BCUT2D eigenvalue weighted by Gasteiger charge is 2.42. The maximum atomic E-state index is 11.6. The number of hydrogen-bond donors (Lipinski definition) is 4. The summed E-state index contributed by atoms with van der Waals surface area (Å²) in [7, 11) is 0. The second kappa shape index (κ2) is 5.20. The summed E-state index contributed by atoms with van der Waals surface area (Å²) >= 11 is 0. The van der Waals surface area contributed by atoms with E-state index in [1.165, 1.54) is 17.1 Å². The van der Waals surface area contributed by atoms with E-state index in [9.17, 15) is 15.0 Å². The molecule has 0 aromatic carbocycles. The number of hydrogen-bond acceptors (Lipinski definition) is 7. The number of rotatable bonds is 3. The molecule has 0 unspecified atom stereocenters. The minimum atomic E-state index is -0.871. The van der Waals surface area contributed by atoms with Crippen molar-refractivity contribution in [3.8, 4) is 0 Å². The Labute approximate surface area is 125 Å². The molecule has 0 spiro atoms. The molecule has 3 rings (SSSR count). The fourth-order valence-electron chi connectivity index (χ4n) is 2.79. The summed E-state index contributed by atoms with van der Waals surface area (Å²) < 4.78 is 7.18. The highest BCUT2D eigenvalue weighted by molar-refractivity contribution is 6.08. The summed E-state index contributed by atoms with van der Waals surface area (Å²) in [6, 6.07) is 0. The first-order valence-corrected chi connectivity index (χ1v) is 6.81. The third-order valence-electron chi connectivity index (χ3n) is 4.09. The van der Waals surface area contributed by atoms with Crippen LogP contribution in [0.5, 0.6) is 0 Å². The topological polar surface area (TPSA) is 150 Å². The number of amides is 1. The molecule has 0 radical (unpaired) electrons. The van der Waals surface area contributed by atoms with Gasteiger partial charge in [0.25, 0.3) is 5.91 Å². The number of aliphatic hydroxyl groups excluding tert-OH is 2. The molecule has 4 atom stereocenters. The molecular formula is C13H17N5O4. The van der Waals surface area contributed by atoms with Crippen LogP contribution in [0.15, 0.2) is 12.5 Å². The van der Waals surface area contributed by atoms with Crippen LogP contribution in [-0.4, -0.2) is 49.5 Å². The molecule has 2 aromatic heterocycles. The number of aromatic nitrogens is 3. The minimum Gasteiger partial charge on any atom is -0.394 e. The van der Waals surface area contributed by atoms with E-state index < -0.39 is 24.3 Å². The van der Waals surface area contributed by atoms with Gasteiger partial charge in [-0.25, -0.2) is 9.97 Å². The lowest BCUT2D eigenvalue weighted by molar-refractivity contribution is -0.0489. The van der Waals surface area contributed by atoms with E-state index >= 15 is 0 Å². The standard InChI is InChI=1S/C13H17N5O4/c1-5-7(3-19)22-13(9(5)20)18-2-6(11(15)21)8-10(14)16-4-17-12(8)18/h2,4-5,7,9,13,19-20H,3H2,1H3,(H2,15,21)(H2,14,16,17)/t5-,7-,9-,13-/m1/s1. The number of fused-ring (bicyclic) bond motifs is 1. The molecule has 6 N–H and O–H groups in total. The van der Waals surface area contributed by atoms with Gasteiger partial charge in [-0.15, -0.1) is 0 Å². The quantitative estimate of drug-likeness (QED) is 0.568. The van der Waals surface area contributed by atoms with E-state index in [1.54, 1.807) is 6.92 Å². The van der Waals surface area contributed by atoms with E-state index in [2.05, 4.69) is 9.97 Å². The normalized spacial score (nSPS) is 28.3. The van der Waals surface area contributed by atoms with E-state index in [-0.39, 0.29) is 23.9 Å². The smallest absolute Gasteiger partial charge is 0.251 e. The van der Waals surface area contributed by atoms with E-state index in [0.29, 0.717) is 11.0 Å². The van der Waals surface area contributed by atoms with Gasteiger partial charge in [0.1, 0.15) is 23.9 Å². The predicted octanol–water partition coefficient (Wildman–Crippen LogP) is -1.00. The Morgan fingerprint density at radius 3 is 2.82 bits per heavy atom. The number of nitrogens with zero attached hydrogens (tertiary/aromatic N) is 3. The van der Waals surface area contributed by atoms with Crippen molar-refractivity contribution in [3.63, 3.8) is 0 Å². The summed E-state index contributed by atoms with van der Waals surface area (Å²) in [4.78, 5) is 19.6. The molecule has 2 aromatic rings. The summed E-state index contributed by atoms with van der Waals surface area (Å²) in [6.07, 6.45) is 0.529. The van der Waals surface area contributed by atoms with Crippen LogP contribution in [0.3, 0.4) is 0 Å². The molecule has 9 nitrogen and oxygen atoms in total. The average molecular weight is 307 g/mol. The van der Waals surface area contributed by atoms with Crippen molar-refractivity contribution in [2.45, 2.75) is 25.4 Å². The average Bonchev–Trinajstić information content (AvgIpc) is 3.00. The number of ether oxygens (including phenoxy) is 1. The van der Waals surface area contributed by atoms with Crippen molar-refractivity contribution in [1.82, 2.24) is 14.5 Å². The molecule has 9 heteroatoms. The van der Waals surface area contributed by atoms with Crippen molar-refractivity contribution >= 4 is 22.8 Å². The Balaban J connectivity index is 2.16. The molecule has 0 saturated carbocycles. The highest BCUT2D eigenvalue weighted by atomic mass is 16.5. The number of nitrogens with two attached hydrogens (primary N) is 2. The van der Waals surface area contributed by atoms with Gasteiger partial charge in [0.05, 0.1) is 23.7 Å². The second-order valence-corrected chi connectivity index (χ2v) is 5.37. The number of anilines is 1. The number of nitrogen functional groups attached to an aromatic ring is 1. The molecule has 118 valence electrons. The Hall–Kier alpha value is -2.23. The number of carbonyl (C=O) groups excluding carboxylic acids is 1. The zero-order valence-corrected chi connectivity index (χ0v) is 11.9. The molecule has 3 heterocycles. The first-order valence-electron chi connectivity index (χ1n) is 6.81. The number of aliphatic hydroxyl groups is 2. The summed E-state index contributed by atoms with van der Waals surface area (Å²) in [5, 5.41) is 20.0. The number of carbonyl (C=O) groups is 1. The third kappa shape index (κ3) is 2.02. The van der Waals surface area contributed by atoms with Crippen LogP contribution in [-0.2, 0) is 4.74 Å². The maximum Gasteiger partial charge on any atom is 0.251 e. The van der Waals surface area contributed by atoms with Gasteiger partial charge in [-0.3, -0.25) is 4.79 Å². The Bertz CT molecular complexity index is 731. The van der Waals surface area contributed by atoms with Crippen molar-refractivity contribution < 1.29 is 19.7 Å². The molecule has 1 aliphatic rings. The van der Waals surface area contributed by atoms with Gasteiger partial charge in [0, 0.05) is 12.1 Å². The molecule has 1 fully saturated rings. The fourth-order valence-corrected chi connectivity index (χ4v) is 2.79. The van der Waals surface area contributed by atoms with E-state index in [4.69, 9.17) is 16.2 Å². The van der Waals surface area contributed by atoms with Gasteiger partial charge >= 0.3 is 0 Å². The maximum absolute atomic E-state index is 11.6. The van der Waals surface area contributed by atoms with Crippen LogP contribution in [0.1, 0.15) is 23.5 Å². The molecule has 0 bridgehead atoms. The Morgan fingerprint density at radius 2 is 2.23 bits per heavy atom. The van der Waals surface area contributed by atoms with Crippen molar-refractivity contribution in [2.24, 2.45) is 11.7 Å². The summed E-state index contributed by atoms with van der Waals surface area (Å²) in [5.74, 6) is -0.829. The van der Waals surface area contributed by atoms with Crippen molar-refractivity contribution in [3.05, 3.63) is 18.1 Å². The number of primary amides is 1. The zero-order valence-electron chi connectivity index (χ0n) is 11.9. The SMILES string of the molecule is C[C@H]1[C@@H](O)[C@H](n2cc(C(N)=O)c3c(N)ncnc32)O[C@@H]1CO. The first kappa shape index (κ1) is 14.7. The highest BCUT2D eigenvalue weighted by Crippen LogP contribution is 2.37. The van der Waals surface area contributed by atoms with E-state index in [1.807, 2.05) is 0 Å². The van der Waals surface area contributed by atoms with E-state index in [0.717, 1.165) is 0 Å². The molecule has 1 saturated heterocycles. The molecular weight excluding hydrogens is 290 g/mol. The van der Waals surface area contributed by atoms with Crippen molar-refractivity contribution in [2.75, 3.05) is 12.3 Å². The van der Waals surface area contributed by atoms with Crippen molar-refractivity contribution in [1.29, 1.82) is 0 Å². The minimum absolute atomic E-state index is 0.122. The van der Waals surface area contributed by atoms with Crippen LogP contribution in [0.25, 0.3) is 11.0 Å². The summed E-state index contributed by atoms with van der Waals surface area (Å²) in [6.45, 7) is 1.56. The van der Waals surface area contributed by atoms with Crippen LogP contribution >= 0.6 is 0 Å². The van der Waals surface area contributed by atoms with Gasteiger partial charge in [-0.2, -0.15) is 0 Å². The molecule has 1 amide bonds. The molecule has 0 aliphatic carbocycles. The second-order valence-electron chi connectivity index (χ2n) is 5.37. The monoisotopic (exact) mass is 307 g/mol. The molecule has 22 heavy (non-hydrogen) atoms. The Morgan fingerprint density at radius 1 is 1.50 bits per heavy atom. The third-order valence-corrected chi connectivity index (χ3v) is 4.09. The lowest BCUT2D eigenvalue weighted by Crippen LogP contribution is -2.25. The van der Waals surface area contributed by atoms with Gasteiger partial charge < -0.3 is 31.0 Å². The predicted molar refractivity (Wildman–Crippen MR) is 76.6 cm³/mol. The van der Waals surface area contributed by atoms with Crippen LogP contribution in [0.2, 0.25) is 0 Å². The summed E-state index contributed by atoms with van der Waals surface area (Å²) in [5.41, 5.74) is 11.7. The Kier molecular flexibility index (Phi) is 3.47. The fraction of sp³-hybridized carbons (Fsp3) is 0.462. The van der Waals surface area contributed by atoms with Crippen LogP contribution in [0.4, 0.5) is 5.82 Å². The zero-order chi connectivity index (χ0) is 16.0. The lowest BCUT2D eigenvalue weighted by atomic mass is 10.0. The largest absolute Gasteiger partial charge is 0.394 e. The first-order chi connectivity index (χ1) is 10.5. The van der Waals surface area contributed by atoms with Gasteiger partial charge in [0.15, 0.2) is 6.23 Å². The van der Waals surface area contributed by atoms with Gasteiger partial charge in [-0.1, -0.05) is 6.92 Å².